The summed E-state index contributed by atoms with van der Waals surface area (Å²) < 4.78 is 1.72. The third kappa shape index (κ3) is 3.75. The molecule has 2 aromatic rings. The van der Waals surface area contributed by atoms with Gasteiger partial charge in [-0.2, -0.15) is 5.10 Å². The average molecular weight is 299 g/mol. The lowest BCUT2D eigenvalue weighted by molar-refractivity contribution is -0.125. The van der Waals surface area contributed by atoms with Gasteiger partial charge in [-0.05, 0) is 24.8 Å². The normalized spacial score (nSPS) is 14.4. The second-order valence-corrected chi connectivity index (χ2v) is 6.85. The molecule has 0 spiro atoms. The molecule has 0 saturated carbocycles. The van der Waals surface area contributed by atoms with E-state index in [4.69, 9.17) is 0 Å². The van der Waals surface area contributed by atoms with E-state index in [1.54, 1.807) is 10.9 Å². The Kier molecular flexibility index (Phi) is 4.69. The Balaban J connectivity index is 2.09. The number of benzene rings is 1. The average Bonchev–Trinajstić information content (AvgIpc) is 2.96. The zero-order chi connectivity index (χ0) is 16.3. The molecule has 0 aliphatic rings. The Morgan fingerprint density at radius 3 is 2.36 bits per heavy atom. The maximum atomic E-state index is 12.4. The Labute approximate surface area is 132 Å². The van der Waals surface area contributed by atoms with Crippen molar-refractivity contribution in [3.8, 4) is 11.1 Å². The predicted octanol–water partition coefficient (Wildman–Crippen LogP) is 3.66. The van der Waals surface area contributed by atoms with Crippen molar-refractivity contribution in [1.82, 2.24) is 15.1 Å². The first kappa shape index (κ1) is 16.3. The number of rotatable bonds is 4. The van der Waals surface area contributed by atoms with E-state index in [2.05, 4.69) is 31.2 Å². The highest BCUT2D eigenvalue weighted by molar-refractivity contribution is 5.80. The lowest BCUT2D eigenvalue weighted by Crippen LogP contribution is -2.44. The summed E-state index contributed by atoms with van der Waals surface area (Å²) >= 11 is 0. The number of carbonyl (C=O) groups excluding carboxylic acids is 1. The second kappa shape index (κ2) is 6.34. The van der Waals surface area contributed by atoms with Crippen LogP contribution < -0.4 is 5.32 Å². The third-order valence-corrected chi connectivity index (χ3v) is 4.14. The van der Waals surface area contributed by atoms with Gasteiger partial charge in [0.15, 0.2) is 0 Å². The maximum absolute atomic E-state index is 12.4. The van der Waals surface area contributed by atoms with E-state index in [0.29, 0.717) is 0 Å². The Morgan fingerprint density at radius 1 is 1.14 bits per heavy atom. The van der Waals surface area contributed by atoms with Crippen LogP contribution in [0, 0.1) is 5.41 Å². The molecule has 2 rings (SSSR count). The lowest BCUT2D eigenvalue weighted by Gasteiger charge is -2.29. The number of hydrogen-bond acceptors (Lipinski definition) is 2. The van der Waals surface area contributed by atoms with Crippen LogP contribution in [-0.4, -0.2) is 21.7 Å². The number of hydrogen-bond donors (Lipinski definition) is 1. The summed E-state index contributed by atoms with van der Waals surface area (Å²) in [6, 6.07) is 9.81. The quantitative estimate of drug-likeness (QED) is 0.936. The highest BCUT2D eigenvalue weighted by atomic mass is 16.2. The van der Waals surface area contributed by atoms with Crippen molar-refractivity contribution >= 4 is 5.91 Å². The minimum Gasteiger partial charge on any atom is -0.351 e. The summed E-state index contributed by atoms with van der Waals surface area (Å²) in [5.74, 6) is -0.00913. The van der Waals surface area contributed by atoms with Gasteiger partial charge >= 0.3 is 0 Å². The van der Waals surface area contributed by atoms with Crippen molar-refractivity contribution in [2.24, 2.45) is 5.41 Å². The molecule has 0 aliphatic heterocycles. The second-order valence-electron chi connectivity index (χ2n) is 6.85. The first-order valence-corrected chi connectivity index (χ1v) is 7.69. The van der Waals surface area contributed by atoms with Crippen LogP contribution in [0.25, 0.3) is 11.1 Å². The molecule has 0 bridgehead atoms. The predicted molar refractivity (Wildman–Crippen MR) is 89.4 cm³/mol. The zero-order valence-corrected chi connectivity index (χ0v) is 14.0. The van der Waals surface area contributed by atoms with E-state index in [-0.39, 0.29) is 23.4 Å². The Morgan fingerprint density at radius 2 is 1.77 bits per heavy atom. The molecule has 4 nitrogen and oxygen atoms in total. The summed E-state index contributed by atoms with van der Waals surface area (Å²) in [6.07, 6.45) is 3.72. The van der Waals surface area contributed by atoms with Crippen molar-refractivity contribution in [3.05, 3.63) is 42.7 Å². The molecular weight excluding hydrogens is 274 g/mol. The molecule has 1 aromatic heterocycles. The van der Waals surface area contributed by atoms with Crippen molar-refractivity contribution < 1.29 is 4.79 Å². The molecule has 1 amide bonds. The topological polar surface area (TPSA) is 46.9 Å². The molecule has 22 heavy (non-hydrogen) atoms. The summed E-state index contributed by atoms with van der Waals surface area (Å²) in [6.45, 7) is 10.2. The van der Waals surface area contributed by atoms with Crippen LogP contribution >= 0.6 is 0 Å². The maximum Gasteiger partial charge on any atom is 0.244 e. The molecule has 0 radical (unpaired) electrons. The first-order chi connectivity index (χ1) is 10.3. The minimum absolute atomic E-state index is 0.00913. The van der Waals surface area contributed by atoms with Gasteiger partial charge in [0, 0.05) is 17.8 Å². The molecule has 118 valence electrons. The van der Waals surface area contributed by atoms with E-state index in [0.717, 1.165) is 11.1 Å². The Hall–Kier alpha value is -2.10. The van der Waals surface area contributed by atoms with Gasteiger partial charge in [0.2, 0.25) is 5.91 Å². The van der Waals surface area contributed by atoms with E-state index < -0.39 is 0 Å². The van der Waals surface area contributed by atoms with E-state index in [9.17, 15) is 4.79 Å². The van der Waals surface area contributed by atoms with Crippen LogP contribution in [-0.2, 0) is 4.79 Å². The van der Waals surface area contributed by atoms with Crippen molar-refractivity contribution in [1.29, 1.82) is 0 Å². The highest BCUT2D eigenvalue weighted by Gasteiger charge is 2.24. The van der Waals surface area contributed by atoms with Crippen LogP contribution in [0.15, 0.2) is 42.7 Å². The summed E-state index contributed by atoms with van der Waals surface area (Å²) in [5.41, 5.74) is 2.16. The number of amides is 1. The van der Waals surface area contributed by atoms with Crippen LogP contribution in [0.4, 0.5) is 0 Å². The summed E-state index contributed by atoms with van der Waals surface area (Å²) in [4.78, 5) is 12.4. The molecule has 4 heteroatoms. The van der Waals surface area contributed by atoms with Gasteiger partial charge in [0.1, 0.15) is 6.04 Å². The smallest absolute Gasteiger partial charge is 0.244 e. The van der Waals surface area contributed by atoms with Crippen LogP contribution in [0.5, 0.6) is 0 Å². The zero-order valence-electron chi connectivity index (χ0n) is 14.0. The van der Waals surface area contributed by atoms with E-state index >= 15 is 0 Å². The fraction of sp³-hybridized carbons (Fsp3) is 0.444. The molecule has 0 aliphatic carbocycles. The molecule has 0 fully saturated rings. The largest absolute Gasteiger partial charge is 0.351 e. The number of aromatic nitrogens is 2. The SMILES string of the molecule is CC(C(=O)NC(C)C(C)(C)C)n1cc(-c2ccccc2)cn1. The van der Waals surface area contributed by atoms with Gasteiger partial charge in [-0.25, -0.2) is 0 Å². The summed E-state index contributed by atoms with van der Waals surface area (Å²) in [7, 11) is 0. The fourth-order valence-corrected chi connectivity index (χ4v) is 2.00. The van der Waals surface area contributed by atoms with Gasteiger partial charge in [-0.1, -0.05) is 51.1 Å². The van der Waals surface area contributed by atoms with Gasteiger partial charge in [0.25, 0.3) is 0 Å². The molecular formula is C18H25N3O. The number of carbonyl (C=O) groups is 1. The molecule has 2 atom stereocenters. The van der Waals surface area contributed by atoms with Gasteiger partial charge in [-0.15, -0.1) is 0 Å². The summed E-state index contributed by atoms with van der Waals surface area (Å²) in [5, 5.41) is 7.41. The molecule has 1 N–H and O–H groups in total. The number of nitrogens with one attached hydrogen (secondary N) is 1. The van der Waals surface area contributed by atoms with Crippen LogP contribution in [0.2, 0.25) is 0 Å². The molecule has 1 aromatic carbocycles. The monoisotopic (exact) mass is 299 g/mol. The molecule has 1 heterocycles. The first-order valence-electron chi connectivity index (χ1n) is 7.69. The Bertz CT molecular complexity index is 625. The van der Waals surface area contributed by atoms with E-state index in [1.807, 2.05) is 50.4 Å². The van der Waals surface area contributed by atoms with E-state index in [1.165, 1.54) is 0 Å². The van der Waals surface area contributed by atoms with Crippen LogP contribution in [0.3, 0.4) is 0 Å². The minimum atomic E-state index is -0.331. The lowest BCUT2D eigenvalue weighted by atomic mass is 9.88. The number of nitrogens with zero attached hydrogens (tertiary/aromatic N) is 2. The van der Waals surface area contributed by atoms with Gasteiger partial charge in [0.05, 0.1) is 6.20 Å². The van der Waals surface area contributed by atoms with Gasteiger partial charge in [-0.3, -0.25) is 9.48 Å². The highest BCUT2D eigenvalue weighted by Crippen LogP contribution is 2.21. The molecule has 0 saturated heterocycles. The van der Waals surface area contributed by atoms with Crippen molar-refractivity contribution in [2.45, 2.75) is 46.7 Å². The molecule has 2 unspecified atom stereocenters. The fourth-order valence-electron chi connectivity index (χ4n) is 2.00. The van der Waals surface area contributed by atoms with Crippen molar-refractivity contribution in [3.63, 3.8) is 0 Å². The van der Waals surface area contributed by atoms with Crippen molar-refractivity contribution in [2.75, 3.05) is 0 Å². The third-order valence-electron chi connectivity index (χ3n) is 4.14. The van der Waals surface area contributed by atoms with Gasteiger partial charge < -0.3 is 5.32 Å². The van der Waals surface area contributed by atoms with Crippen LogP contribution in [0.1, 0.15) is 40.7 Å². The standard InChI is InChI=1S/C18H25N3O/c1-13(17(22)20-14(2)18(3,4)5)21-12-16(11-19-21)15-9-7-6-8-10-15/h6-14H,1-5H3,(H,20,22).